The summed E-state index contributed by atoms with van der Waals surface area (Å²) in [6.07, 6.45) is -2.51. The van der Waals surface area contributed by atoms with Gasteiger partial charge in [-0.2, -0.15) is 13.2 Å². The summed E-state index contributed by atoms with van der Waals surface area (Å²) in [5.74, 6) is 0.0257. The van der Waals surface area contributed by atoms with Gasteiger partial charge in [0, 0.05) is 6.20 Å². The molecule has 0 bridgehead atoms. The Labute approximate surface area is 138 Å². The van der Waals surface area contributed by atoms with Crippen molar-refractivity contribution in [3.8, 4) is 0 Å². The molecule has 1 atom stereocenters. The van der Waals surface area contributed by atoms with Gasteiger partial charge in [-0.15, -0.1) is 0 Å². The molecule has 0 aliphatic carbocycles. The lowest BCUT2D eigenvalue weighted by molar-refractivity contribution is -0.127. The third kappa shape index (κ3) is 3.48. The van der Waals surface area contributed by atoms with Crippen LogP contribution in [0.5, 0.6) is 0 Å². The maximum atomic E-state index is 12.6. The van der Waals surface area contributed by atoms with Gasteiger partial charge in [0.05, 0.1) is 28.9 Å². The number of fused-ring (bicyclic) bond motifs is 1. The third-order valence-electron chi connectivity index (χ3n) is 3.71. The normalized spacial score (nSPS) is 13.3. The maximum Gasteiger partial charge on any atom is 0.393 e. The van der Waals surface area contributed by atoms with Gasteiger partial charge in [0.25, 0.3) is 0 Å². The van der Waals surface area contributed by atoms with Crippen molar-refractivity contribution in [2.24, 2.45) is 0 Å². The van der Waals surface area contributed by atoms with Crippen molar-refractivity contribution in [1.82, 2.24) is 13.9 Å². The summed E-state index contributed by atoms with van der Waals surface area (Å²) in [4.78, 5) is 8.28. The highest BCUT2D eigenvalue weighted by Gasteiger charge is 2.29. The van der Waals surface area contributed by atoms with Crippen LogP contribution in [0, 0.1) is 6.92 Å². The van der Waals surface area contributed by atoms with Crippen molar-refractivity contribution >= 4 is 22.0 Å². The number of halogens is 3. The molecule has 3 aromatic rings. The second-order valence-electron chi connectivity index (χ2n) is 5.36. The zero-order valence-electron chi connectivity index (χ0n) is 12.7. The lowest BCUT2D eigenvalue weighted by Gasteiger charge is -2.12. The summed E-state index contributed by atoms with van der Waals surface area (Å²) in [6, 6.07) is 8.58. The predicted octanol–water partition coefficient (Wildman–Crippen LogP) is 3.56. The minimum atomic E-state index is -4.29. The van der Waals surface area contributed by atoms with Gasteiger partial charge in [0.2, 0.25) is 0 Å². The molecule has 126 valence electrons. The molecule has 0 radical (unpaired) electrons. The first-order valence-electron chi connectivity index (χ1n) is 7.16. The topological polar surface area (TPSA) is 47.8 Å². The molecule has 2 heterocycles. The van der Waals surface area contributed by atoms with Gasteiger partial charge in [-0.05, 0) is 36.2 Å². The van der Waals surface area contributed by atoms with E-state index in [0.717, 1.165) is 0 Å². The molecule has 0 aliphatic heterocycles. The Morgan fingerprint density at radius 3 is 2.67 bits per heavy atom. The fraction of sp³-hybridized carbons (Fsp3) is 0.250. The molecular weight excluding hydrogens is 339 g/mol. The van der Waals surface area contributed by atoms with Crippen molar-refractivity contribution in [2.45, 2.75) is 25.3 Å². The van der Waals surface area contributed by atoms with Crippen molar-refractivity contribution in [1.29, 1.82) is 0 Å². The molecule has 0 saturated heterocycles. The zero-order chi connectivity index (χ0) is 17.3. The van der Waals surface area contributed by atoms with Gasteiger partial charge in [0.15, 0.2) is 0 Å². The Morgan fingerprint density at radius 1 is 1.17 bits per heavy atom. The molecule has 0 N–H and O–H groups in total. The van der Waals surface area contributed by atoms with E-state index >= 15 is 0 Å². The van der Waals surface area contributed by atoms with E-state index in [4.69, 9.17) is 0 Å². The SMILES string of the molecule is Cc1c(CC(F)(F)F)ccnc1C[S@@](=O)n1cnc2ccccc21. The molecule has 0 unspecified atom stereocenters. The third-order valence-corrected chi connectivity index (χ3v) is 4.96. The number of aromatic nitrogens is 3. The highest BCUT2D eigenvalue weighted by atomic mass is 32.2. The smallest absolute Gasteiger partial charge is 0.260 e. The molecule has 0 amide bonds. The first kappa shape index (κ1) is 16.6. The lowest BCUT2D eigenvalue weighted by Crippen LogP contribution is -2.15. The van der Waals surface area contributed by atoms with Gasteiger partial charge in [-0.25, -0.2) is 13.2 Å². The first-order chi connectivity index (χ1) is 11.3. The van der Waals surface area contributed by atoms with Gasteiger partial charge >= 0.3 is 6.18 Å². The Kier molecular flexibility index (Phi) is 4.40. The number of hydrogen-bond donors (Lipinski definition) is 0. The molecule has 0 aliphatic rings. The van der Waals surface area contributed by atoms with Crippen LogP contribution in [0.2, 0.25) is 0 Å². The minimum absolute atomic E-state index is 0.0257. The molecule has 1 aromatic carbocycles. The lowest BCUT2D eigenvalue weighted by atomic mass is 10.1. The fourth-order valence-electron chi connectivity index (χ4n) is 2.46. The molecule has 3 rings (SSSR count). The first-order valence-corrected chi connectivity index (χ1v) is 8.44. The summed E-state index contributed by atoms with van der Waals surface area (Å²) in [6.45, 7) is 1.58. The highest BCUT2D eigenvalue weighted by molar-refractivity contribution is 7.82. The summed E-state index contributed by atoms with van der Waals surface area (Å²) in [7, 11) is -1.51. The summed E-state index contributed by atoms with van der Waals surface area (Å²) in [5, 5.41) is 0. The van der Waals surface area contributed by atoms with Crippen LogP contribution in [0.3, 0.4) is 0 Å². The van der Waals surface area contributed by atoms with E-state index in [1.165, 1.54) is 22.6 Å². The monoisotopic (exact) mass is 353 g/mol. The Hall–Kier alpha value is -2.22. The minimum Gasteiger partial charge on any atom is -0.260 e. The molecule has 8 heteroatoms. The van der Waals surface area contributed by atoms with E-state index in [1.54, 1.807) is 19.1 Å². The van der Waals surface area contributed by atoms with Gasteiger partial charge in [-0.3, -0.25) is 4.98 Å². The Morgan fingerprint density at radius 2 is 1.92 bits per heavy atom. The Bertz CT molecular complexity index is 905. The number of rotatable bonds is 4. The number of hydrogen-bond acceptors (Lipinski definition) is 3. The van der Waals surface area contributed by atoms with Crippen LogP contribution in [0.25, 0.3) is 11.0 Å². The maximum absolute atomic E-state index is 12.6. The number of alkyl halides is 3. The number of imidazole rings is 1. The van der Waals surface area contributed by atoms with Crippen LogP contribution in [0.4, 0.5) is 13.2 Å². The van der Waals surface area contributed by atoms with E-state index < -0.39 is 23.6 Å². The van der Waals surface area contributed by atoms with Gasteiger partial charge < -0.3 is 0 Å². The predicted molar refractivity (Wildman–Crippen MR) is 85.7 cm³/mol. The molecule has 4 nitrogen and oxygen atoms in total. The van der Waals surface area contributed by atoms with Crippen LogP contribution < -0.4 is 0 Å². The van der Waals surface area contributed by atoms with Crippen LogP contribution in [0.15, 0.2) is 42.9 Å². The molecular formula is C16H14F3N3OS. The second kappa shape index (κ2) is 6.35. The summed E-state index contributed by atoms with van der Waals surface area (Å²) < 4.78 is 52.0. The summed E-state index contributed by atoms with van der Waals surface area (Å²) >= 11 is 0. The number of nitrogens with zero attached hydrogens (tertiary/aromatic N) is 3. The van der Waals surface area contributed by atoms with Crippen LogP contribution in [0.1, 0.15) is 16.8 Å². The zero-order valence-corrected chi connectivity index (χ0v) is 13.6. The molecule has 0 fully saturated rings. The van der Waals surface area contributed by atoms with Crippen molar-refractivity contribution in [3.05, 3.63) is 59.7 Å². The van der Waals surface area contributed by atoms with Crippen LogP contribution >= 0.6 is 0 Å². The summed E-state index contributed by atoms with van der Waals surface area (Å²) in [5.41, 5.74) is 2.39. The fourth-order valence-corrected chi connectivity index (χ4v) is 3.65. The van der Waals surface area contributed by atoms with E-state index in [0.29, 0.717) is 22.3 Å². The highest BCUT2D eigenvalue weighted by Crippen LogP contribution is 2.24. The molecule has 2 aromatic heterocycles. The van der Waals surface area contributed by atoms with E-state index in [9.17, 15) is 17.4 Å². The molecule has 24 heavy (non-hydrogen) atoms. The number of para-hydroxylation sites is 2. The second-order valence-corrected chi connectivity index (χ2v) is 6.68. The average Bonchev–Trinajstić information content (AvgIpc) is 2.94. The van der Waals surface area contributed by atoms with Crippen molar-refractivity contribution in [3.63, 3.8) is 0 Å². The molecule has 0 saturated carbocycles. The van der Waals surface area contributed by atoms with E-state index in [1.807, 2.05) is 12.1 Å². The molecule has 0 spiro atoms. The average molecular weight is 353 g/mol. The van der Waals surface area contributed by atoms with Gasteiger partial charge in [0.1, 0.15) is 17.3 Å². The number of pyridine rings is 1. The van der Waals surface area contributed by atoms with Crippen LogP contribution in [-0.2, 0) is 23.2 Å². The van der Waals surface area contributed by atoms with Crippen molar-refractivity contribution in [2.75, 3.05) is 0 Å². The standard InChI is InChI=1S/C16H14F3N3OS/c1-11-12(8-16(17,18)19)6-7-20-14(11)9-24(23)22-10-21-13-4-2-3-5-15(13)22/h2-7,10H,8-9H2,1H3/t24-/m1/s1. The Balaban J connectivity index is 1.88. The quantitative estimate of drug-likeness (QED) is 0.721. The number of benzene rings is 1. The van der Waals surface area contributed by atoms with Crippen LogP contribution in [-0.4, -0.2) is 24.3 Å². The largest absolute Gasteiger partial charge is 0.393 e. The van der Waals surface area contributed by atoms with E-state index in [2.05, 4.69) is 9.97 Å². The van der Waals surface area contributed by atoms with Crippen molar-refractivity contribution < 1.29 is 17.4 Å². The van der Waals surface area contributed by atoms with Gasteiger partial charge in [-0.1, -0.05) is 12.1 Å². The van der Waals surface area contributed by atoms with E-state index in [-0.39, 0.29) is 11.3 Å².